The van der Waals surface area contributed by atoms with E-state index >= 15 is 4.79 Å². The zero-order valence-corrected chi connectivity index (χ0v) is 30.8. The fraction of sp³-hybridized carbons (Fsp3) is 0.950. The molecule has 260 valence electrons. The Bertz CT molecular complexity index is 1240. The second-order valence-corrected chi connectivity index (χ2v) is 20.3. The molecule has 46 heavy (non-hydrogen) atoms. The lowest BCUT2D eigenvalue weighted by atomic mass is 9.32. The third-order valence-electron chi connectivity index (χ3n) is 17.0. The van der Waals surface area contributed by atoms with Gasteiger partial charge in [0.2, 0.25) is 5.91 Å². The number of carbonyl (C=O) groups excluding carboxylic acids is 2. The van der Waals surface area contributed by atoms with Crippen LogP contribution in [0, 0.1) is 62.1 Å². The number of carbonyl (C=O) groups is 2. The van der Waals surface area contributed by atoms with Crippen LogP contribution in [0.25, 0.3) is 0 Å². The number of hydrogen-bond donors (Lipinski definition) is 1. The number of piperazine rings is 1. The summed E-state index contributed by atoms with van der Waals surface area (Å²) in [4.78, 5) is 31.8. The first-order valence-corrected chi connectivity index (χ1v) is 19.3. The molecule has 0 aromatic heterocycles. The highest BCUT2D eigenvalue weighted by atomic mass is 16.6. The molecule has 6 nitrogen and oxygen atoms in total. The highest BCUT2D eigenvalue weighted by molar-refractivity contribution is 5.84. The van der Waals surface area contributed by atoms with Gasteiger partial charge in [0.25, 0.3) is 0 Å². The third-order valence-corrected chi connectivity index (χ3v) is 17.0. The molecule has 6 saturated carbocycles. The van der Waals surface area contributed by atoms with Crippen molar-refractivity contribution >= 4 is 12.0 Å². The van der Waals surface area contributed by atoms with Gasteiger partial charge in [-0.1, -0.05) is 41.5 Å². The van der Waals surface area contributed by atoms with E-state index in [2.05, 4.69) is 46.4 Å². The third kappa shape index (κ3) is 4.55. The van der Waals surface area contributed by atoms with Gasteiger partial charge in [0.15, 0.2) is 0 Å². The molecule has 0 aromatic carbocycles. The Hall–Kier alpha value is -1.30. The van der Waals surface area contributed by atoms with Crippen LogP contribution in [0.4, 0.5) is 4.79 Å². The van der Waals surface area contributed by atoms with Crippen molar-refractivity contribution in [3.05, 3.63) is 0 Å². The Labute approximate surface area is 280 Å². The van der Waals surface area contributed by atoms with Crippen molar-refractivity contribution in [2.75, 3.05) is 26.2 Å². The van der Waals surface area contributed by atoms with Gasteiger partial charge in [0.1, 0.15) is 5.60 Å². The van der Waals surface area contributed by atoms with Gasteiger partial charge in [0, 0.05) is 26.2 Å². The van der Waals surface area contributed by atoms with Gasteiger partial charge in [-0.05, 0) is 154 Å². The Morgan fingerprint density at radius 3 is 1.96 bits per heavy atom. The highest BCUT2D eigenvalue weighted by Gasteiger charge is 2.73. The van der Waals surface area contributed by atoms with E-state index in [4.69, 9.17) is 4.74 Å². The van der Waals surface area contributed by atoms with Crippen molar-refractivity contribution in [1.29, 1.82) is 0 Å². The number of fused-ring (bicyclic) bond motifs is 7. The minimum Gasteiger partial charge on any atom is -0.444 e. The largest absolute Gasteiger partial charge is 0.444 e. The maximum Gasteiger partial charge on any atom is 0.410 e. The maximum atomic E-state index is 15.0. The Morgan fingerprint density at radius 2 is 1.33 bits per heavy atom. The van der Waals surface area contributed by atoms with Gasteiger partial charge < -0.3 is 19.6 Å². The van der Waals surface area contributed by atoms with E-state index in [1.54, 1.807) is 4.90 Å². The van der Waals surface area contributed by atoms with Crippen molar-refractivity contribution < 1.29 is 19.4 Å². The molecule has 1 N–H and O–H groups in total. The normalized spacial score (nSPS) is 47.6. The molecule has 0 unspecified atom stereocenters. The standard InChI is InChI=1S/C40H66N2O4/c1-34(2,3)46-33(45)42-24-22-41(23-25-42)32(44)40-17-12-26(36(6)18-19-36)31(40)27-10-11-29-37(7)15-14-30(43)35(4,5)28(37)13-16-39(29,9)38(27,8)20-21-40/h26-31,43H,10-25H2,1-9H3/t26-,27-,28+,29-,30+,31-,37+,38-,39-,40+/m1/s1. The average Bonchev–Trinajstić information content (AvgIpc) is 3.59. The Balaban J connectivity index is 1.17. The fourth-order valence-electron chi connectivity index (χ4n) is 14.0. The van der Waals surface area contributed by atoms with Crippen LogP contribution in [-0.4, -0.2) is 64.8 Å². The summed E-state index contributed by atoms with van der Waals surface area (Å²) in [7, 11) is 0. The summed E-state index contributed by atoms with van der Waals surface area (Å²) in [5, 5.41) is 11.1. The molecule has 10 atom stereocenters. The van der Waals surface area contributed by atoms with Gasteiger partial charge in [-0.3, -0.25) is 4.79 Å². The molecular weight excluding hydrogens is 572 g/mol. The summed E-state index contributed by atoms with van der Waals surface area (Å²) in [6, 6.07) is 0. The maximum absolute atomic E-state index is 15.0. The van der Waals surface area contributed by atoms with Crippen LogP contribution in [0.3, 0.4) is 0 Å². The van der Waals surface area contributed by atoms with Crippen LogP contribution in [0.2, 0.25) is 0 Å². The van der Waals surface area contributed by atoms with E-state index in [9.17, 15) is 9.90 Å². The zero-order chi connectivity index (χ0) is 33.3. The van der Waals surface area contributed by atoms with Crippen LogP contribution in [0.15, 0.2) is 0 Å². The number of aliphatic hydroxyl groups excluding tert-OH is 1. The van der Waals surface area contributed by atoms with E-state index in [1.807, 2.05) is 20.8 Å². The summed E-state index contributed by atoms with van der Waals surface area (Å²) in [6.07, 6.45) is 13.8. The molecular formula is C40H66N2O4. The first kappa shape index (κ1) is 33.2. The van der Waals surface area contributed by atoms with Crippen LogP contribution in [0.5, 0.6) is 0 Å². The van der Waals surface area contributed by atoms with Crippen molar-refractivity contribution in [1.82, 2.24) is 9.80 Å². The summed E-state index contributed by atoms with van der Waals surface area (Å²) in [5.74, 6) is 3.41. The van der Waals surface area contributed by atoms with Gasteiger partial charge in [-0.25, -0.2) is 4.79 Å². The summed E-state index contributed by atoms with van der Waals surface area (Å²) < 4.78 is 5.67. The number of rotatable bonds is 2. The zero-order valence-electron chi connectivity index (χ0n) is 30.8. The molecule has 6 heteroatoms. The minimum atomic E-state index is -0.510. The van der Waals surface area contributed by atoms with Gasteiger partial charge in [-0.15, -0.1) is 0 Å². The number of nitrogens with zero attached hydrogens (tertiary/aromatic N) is 2. The summed E-state index contributed by atoms with van der Waals surface area (Å²) in [5.41, 5.74) is 0.419. The van der Waals surface area contributed by atoms with Crippen molar-refractivity contribution in [2.45, 2.75) is 151 Å². The van der Waals surface area contributed by atoms with Crippen LogP contribution in [0.1, 0.15) is 139 Å². The van der Waals surface area contributed by atoms with Crippen LogP contribution < -0.4 is 0 Å². The molecule has 1 saturated heterocycles. The topological polar surface area (TPSA) is 70.1 Å². The first-order valence-electron chi connectivity index (χ1n) is 19.3. The molecule has 6 aliphatic carbocycles. The number of hydrogen-bond acceptors (Lipinski definition) is 4. The molecule has 7 fully saturated rings. The second-order valence-electron chi connectivity index (χ2n) is 20.3. The molecule has 7 rings (SSSR count). The van der Waals surface area contributed by atoms with Crippen molar-refractivity contribution in [3.8, 4) is 0 Å². The Morgan fingerprint density at radius 1 is 0.674 bits per heavy atom. The van der Waals surface area contributed by atoms with E-state index in [1.165, 1.54) is 51.4 Å². The fourth-order valence-corrected chi connectivity index (χ4v) is 14.0. The number of ether oxygens (including phenoxy) is 1. The molecule has 7 aliphatic rings. The molecule has 1 heterocycles. The molecule has 1 aliphatic heterocycles. The number of amides is 2. The molecule has 2 amide bonds. The van der Waals surface area contributed by atoms with Gasteiger partial charge in [0.05, 0.1) is 11.5 Å². The SMILES string of the molecule is CC(C)(C)OC(=O)N1CCN(C(=O)[C@]23CC[C@@H](C4(C)CC4)[C@@H]2[C@H]2CC[C@@H]4[C@@]5(C)CC[C@H](O)C(C)(C)[C@@H]5CC[C@@]4(C)[C@]2(C)CC3)CC1. The molecule has 0 spiro atoms. The molecule has 0 bridgehead atoms. The predicted molar refractivity (Wildman–Crippen MR) is 182 cm³/mol. The highest BCUT2D eigenvalue weighted by Crippen LogP contribution is 2.79. The van der Waals surface area contributed by atoms with Gasteiger partial charge >= 0.3 is 6.09 Å². The number of aliphatic hydroxyl groups is 1. The van der Waals surface area contributed by atoms with Crippen molar-refractivity contribution in [2.24, 2.45) is 62.1 Å². The average molecular weight is 639 g/mol. The molecule has 0 radical (unpaired) electrons. The predicted octanol–water partition coefficient (Wildman–Crippen LogP) is 8.31. The van der Waals surface area contributed by atoms with Crippen LogP contribution >= 0.6 is 0 Å². The molecule has 0 aromatic rings. The van der Waals surface area contributed by atoms with E-state index < -0.39 is 5.60 Å². The van der Waals surface area contributed by atoms with Gasteiger partial charge in [-0.2, -0.15) is 0 Å². The summed E-state index contributed by atoms with van der Waals surface area (Å²) >= 11 is 0. The lowest BCUT2D eigenvalue weighted by molar-refractivity contribution is -0.249. The van der Waals surface area contributed by atoms with Crippen molar-refractivity contribution in [3.63, 3.8) is 0 Å². The van der Waals surface area contributed by atoms with E-state index in [0.29, 0.717) is 67.1 Å². The smallest absolute Gasteiger partial charge is 0.410 e. The van der Waals surface area contributed by atoms with Crippen LogP contribution in [-0.2, 0) is 9.53 Å². The monoisotopic (exact) mass is 639 g/mol. The Kier molecular flexibility index (Phi) is 7.48. The lowest BCUT2D eigenvalue weighted by Gasteiger charge is -2.73. The van der Waals surface area contributed by atoms with E-state index in [0.717, 1.165) is 25.7 Å². The minimum absolute atomic E-state index is 0.0230. The van der Waals surface area contributed by atoms with E-state index in [-0.39, 0.29) is 39.3 Å². The summed E-state index contributed by atoms with van der Waals surface area (Å²) in [6.45, 7) is 23.4. The quantitative estimate of drug-likeness (QED) is 0.330. The first-order chi connectivity index (χ1) is 21.3. The second kappa shape index (κ2) is 10.4. The lowest BCUT2D eigenvalue weighted by Crippen LogP contribution is -2.68.